The van der Waals surface area contributed by atoms with Gasteiger partial charge in [-0.2, -0.15) is 0 Å². The smallest absolute Gasteiger partial charge is 0.335 e. The minimum absolute atomic E-state index is 0.109. The van der Waals surface area contributed by atoms with Crippen molar-refractivity contribution in [1.29, 1.82) is 0 Å². The van der Waals surface area contributed by atoms with Crippen LogP contribution in [0.1, 0.15) is 30.1 Å². The van der Waals surface area contributed by atoms with E-state index < -0.39 is 5.97 Å². The normalized spacial score (nSPS) is 17.9. The first kappa shape index (κ1) is 11.4. The third-order valence-electron chi connectivity index (χ3n) is 2.75. The number of aromatic carboxylic acids is 1. The molecule has 0 radical (unpaired) electrons. The van der Waals surface area contributed by atoms with Crippen LogP contribution in [-0.2, 0) is 4.79 Å². The second-order valence-corrected chi connectivity index (χ2v) is 4.04. The van der Waals surface area contributed by atoms with Gasteiger partial charge in [0.25, 0.3) is 0 Å². The Morgan fingerprint density at radius 2 is 2.18 bits per heavy atom. The molecule has 0 fully saturated rings. The predicted octanol–water partition coefficient (Wildman–Crippen LogP) is 1.92. The molecule has 1 amide bonds. The topological polar surface area (TPSA) is 78.4 Å². The van der Waals surface area contributed by atoms with Crippen LogP contribution in [0.4, 0.5) is 11.4 Å². The summed E-state index contributed by atoms with van der Waals surface area (Å²) in [6.07, 6.45) is 1.67. The average molecular weight is 234 g/mol. The van der Waals surface area contributed by atoms with Gasteiger partial charge in [-0.25, -0.2) is 4.79 Å². The molecule has 0 aliphatic carbocycles. The lowest BCUT2D eigenvalue weighted by Crippen LogP contribution is -2.38. The van der Waals surface area contributed by atoms with Crippen LogP contribution in [0.2, 0.25) is 0 Å². The second-order valence-electron chi connectivity index (χ2n) is 4.04. The lowest BCUT2D eigenvalue weighted by Gasteiger charge is -2.26. The Morgan fingerprint density at radius 1 is 1.41 bits per heavy atom. The van der Waals surface area contributed by atoms with Crippen molar-refractivity contribution < 1.29 is 14.7 Å². The van der Waals surface area contributed by atoms with Gasteiger partial charge in [0.05, 0.1) is 16.9 Å². The molecule has 0 spiro atoms. The fourth-order valence-electron chi connectivity index (χ4n) is 1.87. The van der Waals surface area contributed by atoms with Crippen LogP contribution in [0.3, 0.4) is 0 Å². The van der Waals surface area contributed by atoms with Crippen molar-refractivity contribution in [3.05, 3.63) is 23.8 Å². The highest BCUT2D eigenvalue weighted by Crippen LogP contribution is 2.28. The Labute approximate surface area is 98.8 Å². The second kappa shape index (κ2) is 4.45. The summed E-state index contributed by atoms with van der Waals surface area (Å²) in [7, 11) is 0. The van der Waals surface area contributed by atoms with Crippen LogP contribution in [0.5, 0.6) is 0 Å². The minimum Gasteiger partial charge on any atom is -0.478 e. The van der Waals surface area contributed by atoms with E-state index in [0.717, 1.165) is 18.5 Å². The maximum Gasteiger partial charge on any atom is 0.335 e. The third-order valence-corrected chi connectivity index (χ3v) is 2.75. The van der Waals surface area contributed by atoms with Crippen LogP contribution in [-0.4, -0.2) is 23.0 Å². The molecule has 0 bridgehead atoms. The Morgan fingerprint density at radius 3 is 2.82 bits per heavy atom. The van der Waals surface area contributed by atoms with Crippen molar-refractivity contribution in [3.8, 4) is 0 Å². The standard InChI is InChI=1S/C12H14N2O3/c1-2-3-9-11(15)14-10-6-7(12(16)17)4-5-8(10)13-9/h4-6,9,13H,2-3H2,1H3,(H,14,15)(H,16,17). The largest absolute Gasteiger partial charge is 0.478 e. The van der Waals surface area contributed by atoms with Gasteiger partial charge in [-0.1, -0.05) is 13.3 Å². The summed E-state index contributed by atoms with van der Waals surface area (Å²) in [6.45, 7) is 2.01. The first-order valence-electron chi connectivity index (χ1n) is 5.56. The molecular formula is C12H14N2O3. The number of carbonyl (C=O) groups excluding carboxylic acids is 1. The van der Waals surface area contributed by atoms with Crippen molar-refractivity contribution in [2.45, 2.75) is 25.8 Å². The monoisotopic (exact) mass is 234 g/mol. The Balaban J connectivity index is 2.28. The van der Waals surface area contributed by atoms with Crippen LogP contribution >= 0.6 is 0 Å². The molecule has 5 heteroatoms. The summed E-state index contributed by atoms with van der Waals surface area (Å²) < 4.78 is 0. The van der Waals surface area contributed by atoms with Gasteiger partial charge < -0.3 is 15.7 Å². The molecule has 1 aliphatic heterocycles. The molecule has 90 valence electrons. The Hall–Kier alpha value is -2.04. The molecule has 1 heterocycles. The molecule has 0 saturated heterocycles. The highest BCUT2D eigenvalue weighted by molar-refractivity contribution is 6.04. The van der Waals surface area contributed by atoms with Gasteiger partial charge >= 0.3 is 5.97 Å². The van der Waals surface area contributed by atoms with Crippen molar-refractivity contribution in [1.82, 2.24) is 0 Å². The van der Waals surface area contributed by atoms with E-state index >= 15 is 0 Å². The van der Waals surface area contributed by atoms with Crippen LogP contribution < -0.4 is 10.6 Å². The SMILES string of the molecule is CCCC1Nc2ccc(C(=O)O)cc2NC1=O. The minimum atomic E-state index is -1.00. The molecular weight excluding hydrogens is 220 g/mol. The average Bonchev–Trinajstić information content (AvgIpc) is 2.29. The maximum atomic E-state index is 11.7. The molecule has 1 aromatic carbocycles. The quantitative estimate of drug-likeness (QED) is 0.746. The number of fused-ring (bicyclic) bond motifs is 1. The number of hydrogen-bond acceptors (Lipinski definition) is 3. The van der Waals surface area contributed by atoms with E-state index in [2.05, 4.69) is 10.6 Å². The molecule has 1 unspecified atom stereocenters. The molecule has 1 aliphatic rings. The van der Waals surface area contributed by atoms with E-state index in [1.54, 1.807) is 6.07 Å². The van der Waals surface area contributed by atoms with E-state index in [1.165, 1.54) is 12.1 Å². The van der Waals surface area contributed by atoms with Crippen molar-refractivity contribution in [2.75, 3.05) is 10.6 Å². The highest BCUT2D eigenvalue weighted by Gasteiger charge is 2.24. The number of nitrogens with one attached hydrogen (secondary N) is 2. The van der Waals surface area contributed by atoms with Crippen LogP contribution in [0, 0.1) is 0 Å². The van der Waals surface area contributed by atoms with Gasteiger partial charge in [-0.15, -0.1) is 0 Å². The van der Waals surface area contributed by atoms with Crippen molar-refractivity contribution in [3.63, 3.8) is 0 Å². The van der Waals surface area contributed by atoms with Gasteiger partial charge in [-0.3, -0.25) is 4.79 Å². The molecule has 0 saturated carbocycles. The summed E-state index contributed by atoms with van der Waals surface area (Å²) >= 11 is 0. The van der Waals surface area contributed by atoms with Gasteiger partial charge in [0.2, 0.25) is 5.91 Å². The number of anilines is 2. The van der Waals surface area contributed by atoms with E-state index in [1.807, 2.05) is 6.92 Å². The lowest BCUT2D eigenvalue weighted by atomic mass is 10.1. The van der Waals surface area contributed by atoms with E-state index in [9.17, 15) is 9.59 Å². The van der Waals surface area contributed by atoms with Gasteiger partial charge in [0, 0.05) is 0 Å². The number of benzene rings is 1. The maximum absolute atomic E-state index is 11.7. The first-order chi connectivity index (χ1) is 8.11. The molecule has 1 atom stereocenters. The number of carbonyl (C=O) groups is 2. The number of rotatable bonds is 3. The zero-order valence-corrected chi connectivity index (χ0v) is 9.49. The molecule has 1 aromatic rings. The van der Waals surface area contributed by atoms with E-state index in [-0.39, 0.29) is 17.5 Å². The number of carboxylic acid groups (broad SMARTS) is 1. The van der Waals surface area contributed by atoms with Crippen molar-refractivity contribution >= 4 is 23.3 Å². The molecule has 2 rings (SSSR count). The zero-order valence-electron chi connectivity index (χ0n) is 9.49. The van der Waals surface area contributed by atoms with Crippen molar-refractivity contribution in [2.24, 2.45) is 0 Å². The molecule has 5 nitrogen and oxygen atoms in total. The number of hydrogen-bond donors (Lipinski definition) is 3. The van der Waals surface area contributed by atoms with Crippen LogP contribution in [0.15, 0.2) is 18.2 Å². The fourth-order valence-corrected chi connectivity index (χ4v) is 1.87. The van der Waals surface area contributed by atoms with E-state index in [4.69, 9.17) is 5.11 Å². The zero-order chi connectivity index (χ0) is 12.4. The highest BCUT2D eigenvalue weighted by atomic mass is 16.4. The van der Waals surface area contributed by atoms with E-state index in [0.29, 0.717) is 5.69 Å². The fraction of sp³-hybridized carbons (Fsp3) is 0.333. The van der Waals surface area contributed by atoms with Gasteiger partial charge in [0.1, 0.15) is 6.04 Å². The summed E-state index contributed by atoms with van der Waals surface area (Å²) in [5, 5.41) is 14.7. The third kappa shape index (κ3) is 2.22. The Bertz CT molecular complexity index is 471. The lowest BCUT2D eigenvalue weighted by molar-refractivity contribution is -0.117. The predicted molar refractivity (Wildman–Crippen MR) is 64.3 cm³/mol. The Kier molecular flexibility index (Phi) is 2.99. The summed E-state index contributed by atoms with van der Waals surface area (Å²) in [6, 6.07) is 4.43. The number of carboxylic acids is 1. The molecule has 0 aromatic heterocycles. The molecule has 17 heavy (non-hydrogen) atoms. The van der Waals surface area contributed by atoms with Gasteiger partial charge in [0.15, 0.2) is 0 Å². The summed E-state index contributed by atoms with van der Waals surface area (Å²) in [5.74, 6) is -1.11. The number of amides is 1. The summed E-state index contributed by atoms with van der Waals surface area (Å²) in [4.78, 5) is 22.5. The first-order valence-corrected chi connectivity index (χ1v) is 5.56. The van der Waals surface area contributed by atoms with Crippen LogP contribution in [0.25, 0.3) is 0 Å². The van der Waals surface area contributed by atoms with Gasteiger partial charge in [-0.05, 0) is 24.6 Å². The summed E-state index contributed by atoms with van der Waals surface area (Å²) in [5.41, 5.74) is 1.47. The molecule has 3 N–H and O–H groups in total.